The van der Waals surface area contributed by atoms with E-state index in [1.54, 1.807) is 29.0 Å². The van der Waals surface area contributed by atoms with Gasteiger partial charge in [0, 0.05) is 63.3 Å². The Morgan fingerprint density at radius 3 is 2.49 bits per heavy atom. The maximum absolute atomic E-state index is 14.4. The molecule has 1 aromatic carbocycles. The first-order valence-corrected chi connectivity index (χ1v) is 17.4. The minimum absolute atomic E-state index is 0.0637. The van der Waals surface area contributed by atoms with Gasteiger partial charge in [0.05, 0.1) is 24.2 Å². The molecule has 1 unspecified atom stereocenters. The third-order valence-corrected chi connectivity index (χ3v) is 12.1. The first-order valence-electron chi connectivity index (χ1n) is 17.4. The van der Waals surface area contributed by atoms with Gasteiger partial charge in [0.25, 0.3) is 5.91 Å². The molecule has 8 rings (SSSR count). The summed E-state index contributed by atoms with van der Waals surface area (Å²) < 4.78 is 1.75. The number of likely N-dealkylation sites (N-methyl/N-ethyl adjacent to an activating group) is 2. The number of nitrogens with one attached hydrogen (secondary N) is 2. The van der Waals surface area contributed by atoms with E-state index in [0.29, 0.717) is 37.7 Å². The summed E-state index contributed by atoms with van der Waals surface area (Å²) in [7, 11) is 3.67. The molecular formula is C36H49N7O4. The second-order valence-electron chi connectivity index (χ2n) is 15.6. The van der Waals surface area contributed by atoms with E-state index in [4.69, 9.17) is 0 Å². The lowest BCUT2D eigenvalue weighted by Crippen LogP contribution is -2.65. The highest BCUT2D eigenvalue weighted by atomic mass is 16.2. The molecule has 4 saturated heterocycles. The fourth-order valence-electron chi connectivity index (χ4n) is 9.52. The smallest absolute Gasteiger partial charge is 0.257 e. The van der Waals surface area contributed by atoms with E-state index in [2.05, 4.69) is 41.5 Å². The van der Waals surface area contributed by atoms with Crippen molar-refractivity contribution in [1.29, 1.82) is 0 Å². The number of hydrogen-bond donors (Lipinski definition) is 2. The molecule has 11 heteroatoms. The van der Waals surface area contributed by atoms with Crippen molar-refractivity contribution >= 4 is 23.6 Å². The summed E-state index contributed by atoms with van der Waals surface area (Å²) in [4.78, 5) is 61.9. The van der Waals surface area contributed by atoms with Crippen molar-refractivity contribution in [2.24, 2.45) is 34.5 Å². The Kier molecular flexibility index (Phi) is 8.17. The van der Waals surface area contributed by atoms with Gasteiger partial charge in [0.2, 0.25) is 17.7 Å². The largest absolute Gasteiger partial charge is 0.357 e. The maximum atomic E-state index is 14.4. The molecule has 2 aromatic rings. The third-order valence-electron chi connectivity index (χ3n) is 12.1. The summed E-state index contributed by atoms with van der Waals surface area (Å²) in [6, 6.07) is 8.81. The first kappa shape index (κ1) is 31.8. The van der Waals surface area contributed by atoms with Gasteiger partial charge in [-0.05, 0) is 42.7 Å². The van der Waals surface area contributed by atoms with Crippen LogP contribution in [0.5, 0.6) is 0 Å². The molecule has 252 valence electrons. The van der Waals surface area contributed by atoms with Gasteiger partial charge in [-0.1, -0.05) is 63.4 Å². The molecule has 1 spiro atoms. The number of likely N-dealkylation sites (tertiary alicyclic amines) is 1. The number of rotatable bonds is 7. The molecule has 2 saturated carbocycles. The van der Waals surface area contributed by atoms with Gasteiger partial charge in [-0.2, -0.15) is 5.10 Å². The van der Waals surface area contributed by atoms with Gasteiger partial charge >= 0.3 is 0 Å². The fraction of sp³-hybridized carbons (Fsp3) is 0.639. The second kappa shape index (κ2) is 12.1. The van der Waals surface area contributed by atoms with Crippen LogP contribution < -0.4 is 10.6 Å². The average molecular weight is 644 g/mol. The number of nitrogens with zero attached hydrogens (tertiary/aromatic N) is 5. The van der Waals surface area contributed by atoms with Gasteiger partial charge in [0.1, 0.15) is 6.04 Å². The molecule has 0 radical (unpaired) electrons. The summed E-state index contributed by atoms with van der Waals surface area (Å²) >= 11 is 0. The predicted octanol–water partition coefficient (Wildman–Crippen LogP) is 2.23. The fourth-order valence-corrected chi connectivity index (χ4v) is 9.52. The third kappa shape index (κ3) is 5.64. The van der Waals surface area contributed by atoms with E-state index in [-0.39, 0.29) is 53.5 Å². The topological polar surface area (TPSA) is 120 Å². The molecule has 11 nitrogen and oxygen atoms in total. The van der Waals surface area contributed by atoms with Crippen LogP contribution in [0.2, 0.25) is 0 Å². The van der Waals surface area contributed by atoms with Gasteiger partial charge < -0.3 is 25.3 Å². The zero-order chi connectivity index (χ0) is 33.1. The normalized spacial score (nSPS) is 29.7. The molecule has 4 amide bonds. The summed E-state index contributed by atoms with van der Waals surface area (Å²) in [6.07, 6.45) is 9.38. The Morgan fingerprint density at radius 2 is 1.79 bits per heavy atom. The number of hydrogen-bond acceptors (Lipinski definition) is 6. The first-order chi connectivity index (χ1) is 22.5. The SMILES string of the molecule is CNC(=O)[C@H]1NC(=O)[C@@H]2CN(C(=O)c3cnn(Cc4ccccc4)c3)CC23CN(C3)C(=O)[C@H]2C([C@H]1N(C)CC1CCCCC1)C2(C)C. The Hall–Kier alpha value is -3.73. The molecule has 47 heavy (non-hydrogen) atoms. The molecule has 5 atom stereocenters. The van der Waals surface area contributed by atoms with Crippen molar-refractivity contribution in [1.82, 2.24) is 35.1 Å². The van der Waals surface area contributed by atoms with Crippen LogP contribution in [0.15, 0.2) is 42.7 Å². The van der Waals surface area contributed by atoms with Gasteiger partial charge in [0.15, 0.2) is 0 Å². The Labute approximate surface area is 277 Å². The Balaban J connectivity index is 1.15. The van der Waals surface area contributed by atoms with Crippen molar-refractivity contribution < 1.29 is 19.2 Å². The second-order valence-corrected chi connectivity index (χ2v) is 15.6. The minimum atomic E-state index is -0.813. The average Bonchev–Trinajstić information content (AvgIpc) is 3.38. The van der Waals surface area contributed by atoms with Crippen LogP contribution in [0.3, 0.4) is 0 Å². The lowest BCUT2D eigenvalue weighted by atomic mass is 9.71. The van der Waals surface area contributed by atoms with Crippen LogP contribution in [0.4, 0.5) is 0 Å². The minimum Gasteiger partial charge on any atom is -0.357 e. The highest BCUT2D eigenvalue weighted by molar-refractivity contribution is 5.96. The number of carbonyl (C=O) groups is 4. The summed E-state index contributed by atoms with van der Waals surface area (Å²) in [5.41, 5.74) is 0.700. The van der Waals surface area contributed by atoms with Crippen molar-refractivity contribution in [2.75, 3.05) is 46.8 Å². The van der Waals surface area contributed by atoms with E-state index < -0.39 is 17.4 Å². The number of carbonyl (C=O) groups excluding carboxylic acids is 4. The summed E-state index contributed by atoms with van der Waals surface area (Å²) in [5, 5.41) is 10.5. The highest BCUT2D eigenvalue weighted by Crippen LogP contribution is 2.63. The zero-order valence-electron chi connectivity index (χ0n) is 28.2. The summed E-state index contributed by atoms with van der Waals surface area (Å²) in [5.74, 6) is -0.812. The highest BCUT2D eigenvalue weighted by Gasteiger charge is 2.70. The van der Waals surface area contributed by atoms with Crippen LogP contribution >= 0.6 is 0 Å². The Bertz CT molecular complexity index is 1530. The van der Waals surface area contributed by atoms with Crippen LogP contribution in [0.1, 0.15) is 61.9 Å². The van der Waals surface area contributed by atoms with Gasteiger partial charge in [-0.3, -0.25) is 23.9 Å². The number of amides is 4. The van der Waals surface area contributed by atoms with Gasteiger partial charge in [-0.25, -0.2) is 0 Å². The molecule has 2 bridgehead atoms. The monoisotopic (exact) mass is 643 g/mol. The van der Waals surface area contributed by atoms with E-state index >= 15 is 0 Å². The van der Waals surface area contributed by atoms with Crippen LogP contribution in [0, 0.1) is 34.5 Å². The molecule has 6 aliphatic rings. The number of benzene rings is 1. The van der Waals surface area contributed by atoms with E-state index in [0.717, 1.165) is 24.9 Å². The van der Waals surface area contributed by atoms with Crippen LogP contribution in [-0.4, -0.2) is 107 Å². The van der Waals surface area contributed by atoms with Crippen molar-refractivity contribution in [3.05, 3.63) is 53.9 Å². The molecule has 2 aliphatic carbocycles. The van der Waals surface area contributed by atoms with E-state index in [1.807, 2.05) is 35.2 Å². The van der Waals surface area contributed by atoms with Gasteiger partial charge in [-0.15, -0.1) is 0 Å². The molecular weight excluding hydrogens is 594 g/mol. The summed E-state index contributed by atoms with van der Waals surface area (Å²) in [6.45, 7) is 7.13. The molecule has 5 heterocycles. The van der Waals surface area contributed by atoms with E-state index in [9.17, 15) is 19.2 Å². The predicted molar refractivity (Wildman–Crippen MR) is 176 cm³/mol. The van der Waals surface area contributed by atoms with Crippen molar-refractivity contribution in [2.45, 2.75) is 64.6 Å². The van der Waals surface area contributed by atoms with E-state index in [1.165, 1.54) is 19.3 Å². The van der Waals surface area contributed by atoms with Crippen LogP contribution in [0.25, 0.3) is 0 Å². The number of aromatic nitrogens is 2. The standard InChI is InChI=1S/C36H49N7O4/c1-35(2)27-28(35)34(47)42-21-36(22-42)20-41(33(46)25-15-38-43(18-25)17-24-13-9-6-10-14-24)19-26(36)31(44)39-29(32(45)37-3)30(27)40(4)16-23-11-7-5-8-12-23/h6,9-10,13-15,18,23,26-30H,5,7-8,11-12,16-17,19-22H2,1-4H3,(H,37,45)(H,39,44)/t26-,27?,28+,29-,30+/m0/s1. The number of fused-ring (bicyclic) bond motifs is 3. The molecule has 1 aromatic heterocycles. The maximum Gasteiger partial charge on any atom is 0.257 e. The quantitative estimate of drug-likeness (QED) is 0.478. The Morgan fingerprint density at radius 1 is 1.06 bits per heavy atom. The van der Waals surface area contributed by atoms with Crippen molar-refractivity contribution in [3.8, 4) is 0 Å². The molecule has 6 fully saturated rings. The molecule has 2 N–H and O–H groups in total. The molecule has 4 aliphatic heterocycles. The lowest BCUT2D eigenvalue weighted by molar-refractivity contribution is -0.151. The van der Waals surface area contributed by atoms with Crippen LogP contribution in [-0.2, 0) is 20.9 Å². The van der Waals surface area contributed by atoms with Crippen molar-refractivity contribution in [3.63, 3.8) is 0 Å². The zero-order valence-corrected chi connectivity index (χ0v) is 28.2. The lowest BCUT2D eigenvalue weighted by Gasteiger charge is -2.50.